The van der Waals surface area contributed by atoms with Gasteiger partial charge in [0.05, 0.1) is 5.54 Å². The first-order valence-corrected chi connectivity index (χ1v) is 7.38. The van der Waals surface area contributed by atoms with Gasteiger partial charge in [-0.05, 0) is 56.9 Å². The van der Waals surface area contributed by atoms with Crippen molar-refractivity contribution in [1.29, 1.82) is 0 Å². The number of nitrogens with one attached hydrogen (secondary N) is 1. The van der Waals surface area contributed by atoms with Crippen LogP contribution in [0.5, 0.6) is 0 Å². The van der Waals surface area contributed by atoms with E-state index in [0.29, 0.717) is 17.6 Å². The zero-order valence-corrected chi connectivity index (χ0v) is 11.6. The van der Waals surface area contributed by atoms with Gasteiger partial charge in [-0.15, -0.1) is 0 Å². The van der Waals surface area contributed by atoms with E-state index in [-0.39, 0.29) is 5.54 Å². The highest BCUT2D eigenvalue weighted by atomic mass is 16.1. The highest BCUT2D eigenvalue weighted by Gasteiger charge is 2.43. The zero-order chi connectivity index (χ0) is 12.5. The van der Waals surface area contributed by atoms with Crippen molar-refractivity contribution in [3.63, 3.8) is 0 Å². The van der Waals surface area contributed by atoms with Crippen molar-refractivity contribution in [3.8, 4) is 0 Å². The summed E-state index contributed by atoms with van der Waals surface area (Å²) in [5.41, 5.74) is -0.162. The summed E-state index contributed by atoms with van der Waals surface area (Å²) in [6.07, 6.45) is 6.65. The number of Topliss-reactive ketones (excluding diaryl/α,β-unsaturated/α-hetero) is 1. The predicted molar refractivity (Wildman–Crippen MR) is 70.9 cm³/mol. The molecule has 4 unspecified atom stereocenters. The smallest absolute Gasteiger partial charge is 0.155 e. The maximum atomic E-state index is 12.7. The number of carbonyl (C=O) groups excluding carboxylic acids is 1. The van der Waals surface area contributed by atoms with E-state index in [0.717, 1.165) is 44.6 Å². The normalized spacial score (nSPS) is 42.6. The minimum atomic E-state index is -0.162. The third-order valence-corrected chi connectivity index (χ3v) is 5.29. The van der Waals surface area contributed by atoms with Crippen LogP contribution in [0, 0.1) is 17.8 Å². The summed E-state index contributed by atoms with van der Waals surface area (Å²) in [6, 6.07) is 0. The lowest BCUT2D eigenvalue weighted by Crippen LogP contribution is -2.50. The molecule has 1 heterocycles. The number of rotatable bonds is 3. The first-order chi connectivity index (χ1) is 8.09. The Bertz CT molecular complexity index is 281. The molecule has 1 saturated carbocycles. The highest BCUT2D eigenvalue weighted by molar-refractivity contribution is 5.90. The van der Waals surface area contributed by atoms with Crippen LogP contribution < -0.4 is 5.32 Å². The van der Waals surface area contributed by atoms with E-state index in [1.165, 1.54) is 6.42 Å². The summed E-state index contributed by atoms with van der Waals surface area (Å²) in [7, 11) is 0. The fraction of sp³-hybridized carbons (Fsp3) is 0.933. The van der Waals surface area contributed by atoms with Crippen molar-refractivity contribution in [3.05, 3.63) is 0 Å². The van der Waals surface area contributed by atoms with Crippen molar-refractivity contribution in [2.75, 3.05) is 6.54 Å². The van der Waals surface area contributed by atoms with Crippen molar-refractivity contribution in [2.24, 2.45) is 17.8 Å². The first-order valence-electron chi connectivity index (χ1n) is 7.38. The van der Waals surface area contributed by atoms with Crippen LogP contribution >= 0.6 is 0 Å². The minimum Gasteiger partial charge on any atom is -0.305 e. The molecule has 0 amide bonds. The Morgan fingerprint density at radius 2 is 2.06 bits per heavy atom. The molecule has 2 heteroatoms. The third kappa shape index (κ3) is 2.42. The molecule has 0 bridgehead atoms. The number of hydrogen-bond donors (Lipinski definition) is 1. The molecule has 0 aromatic heterocycles. The fourth-order valence-corrected chi connectivity index (χ4v) is 3.67. The Balaban J connectivity index is 2.04. The van der Waals surface area contributed by atoms with E-state index in [4.69, 9.17) is 0 Å². The van der Waals surface area contributed by atoms with Crippen LogP contribution in [0.25, 0.3) is 0 Å². The van der Waals surface area contributed by atoms with Crippen LogP contribution in [0.3, 0.4) is 0 Å². The molecule has 0 aromatic carbocycles. The maximum Gasteiger partial charge on any atom is 0.155 e. The molecule has 1 saturated heterocycles. The summed E-state index contributed by atoms with van der Waals surface area (Å²) in [5, 5.41) is 3.49. The summed E-state index contributed by atoms with van der Waals surface area (Å²) in [5.74, 6) is 2.36. The van der Waals surface area contributed by atoms with Crippen molar-refractivity contribution in [1.82, 2.24) is 5.32 Å². The van der Waals surface area contributed by atoms with E-state index in [9.17, 15) is 4.79 Å². The second-order valence-corrected chi connectivity index (χ2v) is 6.29. The molecule has 98 valence electrons. The highest BCUT2D eigenvalue weighted by Crippen LogP contribution is 2.38. The quantitative estimate of drug-likeness (QED) is 0.817. The fourth-order valence-electron chi connectivity index (χ4n) is 3.67. The summed E-state index contributed by atoms with van der Waals surface area (Å²) in [4.78, 5) is 12.7. The zero-order valence-electron chi connectivity index (χ0n) is 11.6. The minimum absolute atomic E-state index is 0.162. The molecule has 2 aliphatic rings. The van der Waals surface area contributed by atoms with E-state index in [2.05, 4.69) is 26.1 Å². The molecular formula is C15H27NO. The van der Waals surface area contributed by atoms with Crippen molar-refractivity contribution < 1.29 is 4.79 Å². The summed E-state index contributed by atoms with van der Waals surface area (Å²) >= 11 is 0. The Labute approximate surface area is 106 Å². The SMILES string of the molecule is CCC1(C(=O)C2CCC(C)C(C)C2)CCCN1. The molecule has 2 fully saturated rings. The number of carbonyl (C=O) groups is 1. The molecule has 0 radical (unpaired) electrons. The second kappa shape index (κ2) is 5.09. The van der Waals surface area contributed by atoms with E-state index < -0.39 is 0 Å². The lowest BCUT2D eigenvalue weighted by molar-refractivity contribution is -0.131. The van der Waals surface area contributed by atoms with Gasteiger partial charge in [0.15, 0.2) is 5.78 Å². The van der Waals surface area contributed by atoms with Gasteiger partial charge in [0, 0.05) is 5.92 Å². The molecule has 1 aliphatic carbocycles. The summed E-state index contributed by atoms with van der Waals surface area (Å²) < 4.78 is 0. The van der Waals surface area contributed by atoms with E-state index in [1.807, 2.05) is 0 Å². The topological polar surface area (TPSA) is 29.1 Å². The molecular weight excluding hydrogens is 210 g/mol. The van der Waals surface area contributed by atoms with Gasteiger partial charge in [-0.3, -0.25) is 4.79 Å². The van der Waals surface area contributed by atoms with Gasteiger partial charge >= 0.3 is 0 Å². The Kier molecular flexibility index (Phi) is 3.92. The van der Waals surface area contributed by atoms with Crippen molar-refractivity contribution >= 4 is 5.78 Å². The van der Waals surface area contributed by atoms with Crippen LogP contribution in [0.15, 0.2) is 0 Å². The Morgan fingerprint density at radius 3 is 2.59 bits per heavy atom. The van der Waals surface area contributed by atoms with Gasteiger partial charge < -0.3 is 5.32 Å². The molecule has 0 aromatic rings. The lowest BCUT2D eigenvalue weighted by Gasteiger charge is -2.36. The van der Waals surface area contributed by atoms with Crippen LogP contribution in [-0.4, -0.2) is 17.9 Å². The van der Waals surface area contributed by atoms with Crippen LogP contribution in [0.2, 0.25) is 0 Å². The molecule has 4 atom stereocenters. The molecule has 1 aliphatic heterocycles. The standard InChI is InChI=1S/C15H27NO/c1-4-15(8-5-9-16-15)14(17)13-7-6-11(2)12(3)10-13/h11-13,16H,4-10H2,1-3H3. The molecule has 2 nitrogen and oxygen atoms in total. The van der Waals surface area contributed by atoms with Crippen molar-refractivity contribution in [2.45, 2.75) is 64.8 Å². The number of ketones is 1. The molecule has 0 spiro atoms. The molecule has 2 rings (SSSR count). The average Bonchev–Trinajstić information content (AvgIpc) is 2.81. The van der Waals surface area contributed by atoms with E-state index in [1.54, 1.807) is 0 Å². The molecule has 17 heavy (non-hydrogen) atoms. The number of hydrogen-bond acceptors (Lipinski definition) is 2. The largest absolute Gasteiger partial charge is 0.305 e. The van der Waals surface area contributed by atoms with Crippen LogP contribution in [-0.2, 0) is 4.79 Å². The predicted octanol–water partition coefficient (Wildman–Crippen LogP) is 3.16. The maximum absolute atomic E-state index is 12.7. The average molecular weight is 237 g/mol. The molecule has 1 N–H and O–H groups in total. The van der Waals surface area contributed by atoms with Gasteiger partial charge in [0.1, 0.15) is 0 Å². The Hall–Kier alpha value is -0.370. The van der Waals surface area contributed by atoms with Crippen LogP contribution in [0.1, 0.15) is 59.3 Å². The lowest BCUT2D eigenvalue weighted by atomic mass is 9.70. The van der Waals surface area contributed by atoms with Gasteiger partial charge in [0.2, 0.25) is 0 Å². The van der Waals surface area contributed by atoms with Crippen LogP contribution in [0.4, 0.5) is 0 Å². The van der Waals surface area contributed by atoms with E-state index >= 15 is 0 Å². The Morgan fingerprint density at radius 1 is 1.29 bits per heavy atom. The summed E-state index contributed by atoms with van der Waals surface area (Å²) in [6.45, 7) is 7.82. The first kappa shape index (κ1) is 13.1. The van der Waals surface area contributed by atoms with Gasteiger partial charge in [0.25, 0.3) is 0 Å². The third-order valence-electron chi connectivity index (χ3n) is 5.29. The van der Waals surface area contributed by atoms with Gasteiger partial charge in [-0.1, -0.05) is 20.8 Å². The van der Waals surface area contributed by atoms with Gasteiger partial charge in [-0.25, -0.2) is 0 Å². The van der Waals surface area contributed by atoms with Gasteiger partial charge in [-0.2, -0.15) is 0 Å². The monoisotopic (exact) mass is 237 g/mol. The second-order valence-electron chi connectivity index (χ2n) is 6.29.